The zero-order valence-electron chi connectivity index (χ0n) is 16.7. The van der Waals surface area contributed by atoms with Gasteiger partial charge in [-0.1, -0.05) is 51.5 Å². The van der Waals surface area contributed by atoms with E-state index in [9.17, 15) is 0 Å². The lowest BCUT2D eigenvalue weighted by atomic mass is 10.1. The lowest BCUT2D eigenvalue weighted by Gasteiger charge is -2.21. The zero-order valence-corrected chi connectivity index (χ0v) is 16.7. The van der Waals surface area contributed by atoms with Gasteiger partial charge < -0.3 is 20.9 Å². The number of aryl methyl sites for hydroxylation is 1. The molecule has 2 aromatic carbocycles. The number of unbranched alkanes of at least 4 members (excludes halogenated alkanes) is 6. The van der Waals surface area contributed by atoms with Gasteiger partial charge in [0.2, 0.25) is 6.29 Å². The molecule has 0 aliphatic carbocycles. The van der Waals surface area contributed by atoms with E-state index >= 15 is 0 Å². The van der Waals surface area contributed by atoms with Crippen LogP contribution in [0.2, 0.25) is 0 Å². The Bertz CT molecular complexity index is 688. The molecular weight excluding hydrogens is 336 g/mol. The van der Waals surface area contributed by atoms with Crippen LogP contribution in [0.25, 0.3) is 0 Å². The first kappa shape index (κ1) is 20.9. The van der Waals surface area contributed by atoms with Gasteiger partial charge in [0.25, 0.3) is 0 Å². The smallest absolute Gasteiger partial charge is 0.241 e. The SMILES string of the molecule is CCCCCCCCCC(Oc1cccc(N)c1)Oc1ccc(N)c(C)c1. The zero-order chi connectivity index (χ0) is 19.5. The standard InChI is InChI=1S/C23H34N2O2/c1-3-4-5-6-7-8-9-13-23(26-20-12-10-11-19(24)17-20)27-21-14-15-22(25)18(2)16-21/h10-12,14-17,23H,3-9,13,24-25H2,1-2H3. The van der Waals surface area contributed by atoms with E-state index in [1.807, 2.05) is 49.4 Å². The number of rotatable bonds is 12. The largest absolute Gasteiger partial charge is 0.455 e. The predicted octanol–water partition coefficient (Wildman–Crippen LogP) is 6.08. The van der Waals surface area contributed by atoms with Crippen molar-refractivity contribution in [3.05, 3.63) is 48.0 Å². The van der Waals surface area contributed by atoms with Gasteiger partial charge in [-0.25, -0.2) is 0 Å². The summed E-state index contributed by atoms with van der Waals surface area (Å²) in [4.78, 5) is 0. The first-order chi connectivity index (χ1) is 13.1. The molecule has 2 rings (SSSR count). The predicted molar refractivity (Wildman–Crippen MR) is 114 cm³/mol. The Labute approximate surface area is 163 Å². The molecule has 1 atom stereocenters. The number of hydrogen-bond donors (Lipinski definition) is 2. The molecule has 1 unspecified atom stereocenters. The van der Waals surface area contributed by atoms with Crippen LogP contribution in [0, 0.1) is 6.92 Å². The summed E-state index contributed by atoms with van der Waals surface area (Å²) in [6.45, 7) is 4.22. The van der Waals surface area contributed by atoms with Gasteiger partial charge in [0.05, 0.1) is 0 Å². The Hall–Kier alpha value is -2.36. The highest BCUT2D eigenvalue weighted by Gasteiger charge is 2.13. The molecule has 2 aromatic rings. The third-order valence-electron chi connectivity index (χ3n) is 4.68. The van der Waals surface area contributed by atoms with E-state index in [1.165, 1.54) is 38.5 Å². The van der Waals surface area contributed by atoms with Crippen LogP contribution in [0.15, 0.2) is 42.5 Å². The van der Waals surface area contributed by atoms with E-state index in [0.717, 1.165) is 35.6 Å². The molecule has 4 nitrogen and oxygen atoms in total. The Morgan fingerprint density at radius 1 is 0.815 bits per heavy atom. The fourth-order valence-corrected chi connectivity index (χ4v) is 3.02. The van der Waals surface area contributed by atoms with Gasteiger partial charge in [-0.2, -0.15) is 0 Å². The summed E-state index contributed by atoms with van der Waals surface area (Å²) in [7, 11) is 0. The van der Waals surface area contributed by atoms with Crippen LogP contribution in [0.5, 0.6) is 11.5 Å². The molecule has 0 aliphatic heterocycles. The summed E-state index contributed by atoms with van der Waals surface area (Å²) < 4.78 is 12.2. The van der Waals surface area contributed by atoms with Crippen LogP contribution in [0.1, 0.15) is 63.9 Å². The van der Waals surface area contributed by atoms with Gasteiger partial charge in [0.15, 0.2) is 0 Å². The van der Waals surface area contributed by atoms with Crippen LogP contribution in [0.3, 0.4) is 0 Å². The van der Waals surface area contributed by atoms with Crippen molar-refractivity contribution in [2.45, 2.75) is 71.5 Å². The van der Waals surface area contributed by atoms with Crippen molar-refractivity contribution in [2.75, 3.05) is 11.5 Å². The number of nitrogen functional groups attached to an aromatic ring is 2. The Morgan fingerprint density at radius 2 is 1.48 bits per heavy atom. The van der Waals surface area contributed by atoms with E-state index in [2.05, 4.69) is 6.92 Å². The summed E-state index contributed by atoms with van der Waals surface area (Å²) in [5, 5.41) is 0. The van der Waals surface area contributed by atoms with E-state index in [4.69, 9.17) is 20.9 Å². The van der Waals surface area contributed by atoms with Gasteiger partial charge in [-0.15, -0.1) is 0 Å². The van der Waals surface area contributed by atoms with E-state index in [-0.39, 0.29) is 6.29 Å². The average Bonchev–Trinajstić information content (AvgIpc) is 2.64. The molecule has 4 heteroatoms. The maximum absolute atomic E-state index is 6.12. The molecule has 0 fully saturated rings. The minimum atomic E-state index is -0.342. The fraction of sp³-hybridized carbons (Fsp3) is 0.478. The second-order valence-corrected chi connectivity index (χ2v) is 7.17. The Balaban J connectivity index is 1.92. The average molecular weight is 371 g/mol. The maximum atomic E-state index is 6.12. The second-order valence-electron chi connectivity index (χ2n) is 7.17. The van der Waals surface area contributed by atoms with Crippen LogP contribution in [0.4, 0.5) is 11.4 Å². The molecule has 0 heterocycles. The van der Waals surface area contributed by atoms with Crippen LogP contribution in [-0.4, -0.2) is 6.29 Å². The fourth-order valence-electron chi connectivity index (χ4n) is 3.02. The maximum Gasteiger partial charge on any atom is 0.241 e. The van der Waals surface area contributed by atoms with Crippen LogP contribution >= 0.6 is 0 Å². The van der Waals surface area contributed by atoms with E-state index in [1.54, 1.807) is 0 Å². The van der Waals surface area contributed by atoms with Crippen molar-refractivity contribution < 1.29 is 9.47 Å². The number of nitrogens with two attached hydrogens (primary N) is 2. The van der Waals surface area contributed by atoms with Gasteiger partial charge in [-0.3, -0.25) is 0 Å². The third kappa shape index (κ3) is 7.81. The normalized spacial score (nSPS) is 11.9. The highest BCUT2D eigenvalue weighted by atomic mass is 16.7. The lowest BCUT2D eigenvalue weighted by molar-refractivity contribution is -0.00242. The number of benzene rings is 2. The molecule has 27 heavy (non-hydrogen) atoms. The number of anilines is 2. The molecule has 0 spiro atoms. The molecule has 148 valence electrons. The Morgan fingerprint density at radius 3 is 2.15 bits per heavy atom. The molecule has 0 aromatic heterocycles. The van der Waals surface area contributed by atoms with E-state index < -0.39 is 0 Å². The first-order valence-corrected chi connectivity index (χ1v) is 10.1. The van der Waals surface area contributed by atoms with Crippen molar-refractivity contribution in [2.24, 2.45) is 0 Å². The van der Waals surface area contributed by atoms with Crippen molar-refractivity contribution in [3.8, 4) is 11.5 Å². The minimum Gasteiger partial charge on any atom is -0.455 e. The monoisotopic (exact) mass is 370 g/mol. The first-order valence-electron chi connectivity index (χ1n) is 10.1. The van der Waals surface area contributed by atoms with Crippen molar-refractivity contribution in [1.29, 1.82) is 0 Å². The summed E-state index contributed by atoms with van der Waals surface area (Å²) in [5.41, 5.74) is 14.2. The van der Waals surface area contributed by atoms with Crippen molar-refractivity contribution >= 4 is 11.4 Å². The van der Waals surface area contributed by atoms with Gasteiger partial charge in [0.1, 0.15) is 11.5 Å². The number of hydrogen-bond acceptors (Lipinski definition) is 4. The van der Waals surface area contributed by atoms with Gasteiger partial charge in [0, 0.05) is 23.9 Å². The summed E-state index contributed by atoms with van der Waals surface area (Å²) >= 11 is 0. The molecule has 0 aliphatic rings. The van der Waals surface area contributed by atoms with E-state index in [0.29, 0.717) is 5.69 Å². The Kier molecular flexibility index (Phi) is 8.82. The number of ether oxygens (including phenoxy) is 2. The molecule has 0 amide bonds. The topological polar surface area (TPSA) is 70.5 Å². The minimum absolute atomic E-state index is 0.342. The third-order valence-corrected chi connectivity index (χ3v) is 4.68. The highest BCUT2D eigenvalue weighted by Crippen LogP contribution is 2.24. The quantitative estimate of drug-likeness (QED) is 0.270. The van der Waals surface area contributed by atoms with Crippen LogP contribution in [-0.2, 0) is 0 Å². The second kappa shape index (κ2) is 11.4. The van der Waals surface area contributed by atoms with Crippen molar-refractivity contribution in [3.63, 3.8) is 0 Å². The molecule has 0 saturated heterocycles. The van der Waals surface area contributed by atoms with Gasteiger partial charge >= 0.3 is 0 Å². The summed E-state index contributed by atoms with van der Waals surface area (Å²) in [6.07, 6.45) is 9.31. The van der Waals surface area contributed by atoms with Gasteiger partial charge in [-0.05, 0) is 49.2 Å². The summed E-state index contributed by atoms with van der Waals surface area (Å²) in [6, 6.07) is 13.2. The molecular formula is C23H34N2O2. The summed E-state index contributed by atoms with van der Waals surface area (Å²) in [5.74, 6) is 1.51. The highest BCUT2D eigenvalue weighted by molar-refractivity contribution is 5.49. The molecule has 0 saturated carbocycles. The van der Waals surface area contributed by atoms with Crippen molar-refractivity contribution in [1.82, 2.24) is 0 Å². The molecule has 0 bridgehead atoms. The lowest BCUT2D eigenvalue weighted by Crippen LogP contribution is -2.24. The van der Waals surface area contributed by atoms with Crippen LogP contribution < -0.4 is 20.9 Å². The molecule has 4 N–H and O–H groups in total. The molecule has 0 radical (unpaired) electrons.